The molecule has 0 aliphatic carbocycles. The fourth-order valence-corrected chi connectivity index (χ4v) is 3.52. The molecular weight excluding hydrogens is 306 g/mol. The molecule has 0 spiro atoms. The number of hydrogen-bond donors (Lipinski definition) is 1. The first-order valence-corrected chi connectivity index (χ1v) is 11.0. The fourth-order valence-electron chi connectivity index (χ4n) is 3.52. The van der Waals surface area contributed by atoms with Crippen molar-refractivity contribution < 1.29 is 0 Å². The van der Waals surface area contributed by atoms with E-state index in [4.69, 9.17) is 5.73 Å². The molecule has 0 aromatic rings. The van der Waals surface area contributed by atoms with Gasteiger partial charge in [0.05, 0.1) is 12.4 Å². The molecule has 0 unspecified atom stereocenters. The second kappa shape index (κ2) is 16.6. The summed E-state index contributed by atoms with van der Waals surface area (Å²) in [5.74, 6) is 1.31. The molecule has 0 amide bonds. The summed E-state index contributed by atoms with van der Waals surface area (Å²) >= 11 is 0. The third-order valence-electron chi connectivity index (χ3n) is 5.09. The molecule has 0 saturated carbocycles. The Morgan fingerprint density at radius 3 is 2.12 bits per heavy atom. The number of hydrogen-bond acceptors (Lipinski definition) is 3. The Balaban J connectivity index is 1.80. The van der Waals surface area contributed by atoms with E-state index in [1.807, 2.05) is 0 Å². The van der Waals surface area contributed by atoms with Crippen LogP contribution in [0.3, 0.4) is 0 Å². The third kappa shape index (κ3) is 12.2. The third-order valence-corrected chi connectivity index (χ3v) is 5.09. The minimum Gasteiger partial charge on any atom is -0.357 e. The molecule has 1 aliphatic rings. The first-order chi connectivity index (χ1) is 12.4. The fraction of sp³-hybridized carbons (Fsp3) is 0.864. The Labute approximate surface area is 157 Å². The number of nitrogens with zero attached hydrogens (tertiary/aromatic N) is 2. The summed E-state index contributed by atoms with van der Waals surface area (Å²) in [6.07, 6.45) is 23.7. The number of aliphatic imine (C=N–C) groups is 1. The lowest BCUT2D eigenvalue weighted by Gasteiger charge is -2.19. The maximum Gasteiger partial charge on any atom is 0.0990 e. The van der Waals surface area contributed by atoms with Gasteiger partial charge in [0.25, 0.3) is 0 Å². The van der Waals surface area contributed by atoms with Gasteiger partial charge in [0.2, 0.25) is 0 Å². The summed E-state index contributed by atoms with van der Waals surface area (Å²) in [6.45, 7) is 6.05. The summed E-state index contributed by atoms with van der Waals surface area (Å²) in [5.41, 5.74) is 5.66. The Bertz CT molecular complexity index is 349. The first-order valence-electron chi connectivity index (χ1n) is 11.0. The zero-order chi connectivity index (χ0) is 18.0. The van der Waals surface area contributed by atoms with Gasteiger partial charge >= 0.3 is 0 Å². The van der Waals surface area contributed by atoms with Crippen molar-refractivity contribution in [1.29, 1.82) is 0 Å². The van der Waals surface area contributed by atoms with E-state index in [0.717, 1.165) is 32.6 Å². The summed E-state index contributed by atoms with van der Waals surface area (Å²) in [4.78, 5) is 6.99. The molecule has 0 aromatic carbocycles. The Morgan fingerprint density at radius 2 is 1.48 bits per heavy atom. The van der Waals surface area contributed by atoms with Crippen LogP contribution in [0.15, 0.2) is 17.1 Å². The van der Waals surface area contributed by atoms with Gasteiger partial charge in [-0.1, -0.05) is 70.4 Å². The quantitative estimate of drug-likeness (QED) is 0.270. The van der Waals surface area contributed by atoms with Crippen molar-refractivity contribution in [2.45, 2.75) is 96.8 Å². The molecule has 2 N–H and O–H groups in total. The molecular formula is C22H43N3. The minimum absolute atomic E-state index is 0.744. The van der Waals surface area contributed by atoms with Gasteiger partial charge < -0.3 is 10.6 Å². The van der Waals surface area contributed by atoms with Gasteiger partial charge in [0, 0.05) is 26.1 Å². The van der Waals surface area contributed by atoms with Gasteiger partial charge in [-0.2, -0.15) is 0 Å². The van der Waals surface area contributed by atoms with E-state index in [2.05, 4.69) is 29.0 Å². The summed E-state index contributed by atoms with van der Waals surface area (Å²) in [6, 6.07) is 0. The monoisotopic (exact) mass is 349 g/mol. The van der Waals surface area contributed by atoms with Crippen LogP contribution in [0.1, 0.15) is 96.8 Å². The largest absolute Gasteiger partial charge is 0.357 e. The van der Waals surface area contributed by atoms with E-state index < -0.39 is 0 Å². The molecule has 0 aromatic heterocycles. The standard InChI is InChI=1S/C22H43N3/c1-2-3-4-5-6-7-8-9-10-11-12-13-14-15-16-17-22-24-19-21-25(22)20-18-23/h6-7H,2-5,8-21,23H2,1H3/b7-6+. The molecule has 25 heavy (non-hydrogen) atoms. The highest BCUT2D eigenvalue weighted by molar-refractivity contribution is 5.83. The van der Waals surface area contributed by atoms with E-state index in [9.17, 15) is 0 Å². The van der Waals surface area contributed by atoms with Crippen LogP contribution in [0.4, 0.5) is 0 Å². The van der Waals surface area contributed by atoms with Crippen LogP contribution in [0.5, 0.6) is 0 Å². The average molecular weight is 350 g/mol. The topological polar surface area (TPSA) is 41.6 Å². The lowest BCUT2D eigenvalue weighted by Crippen LogP contribution is -2.32. The van der Waals surface area contributed by atoms with Crippen LogP contribution >= 0.6 is 0 Å². The Hall–Kier alpha value is -0.830. The highest BCUT2D eigenvalue weighted by Gasteiger charge is 2.14. The van der Waals surface area contributed by atoms with E-state index in [-0.39, 0.29) is 0 Å². The Kier molecular flexibility index (Phi) is 14.8. The van der Waals surface area contributed by atoms with Crippen molar-refractivity contribution in [1.82, 2.24) is 4.90 Å². The van der Waals surface area contributed by atoms with Gasteiger partial charge in [-0.25, -0.2) is 0 Å². The predicted octanol–water partition coefficient (Wildman–Crippen LogP) is 5.70. The van der Waals surface area contributed by atoms with E-state index in [1.54, 1.807) is 0 Å². The lowest BCUT2D eigenvalue weighted by molar-refractivity contribution is 0.456. The summed E-state index contributed by atoms with van der Waals surface area (Å²) < 4.78 is 0. The van der Waals surface area contributed by atoms with Crippen LogP contribution in [0.25, 0.3) is 0 Å². The smallest absolute Gasteiger partial charge is 0.0990 e. The van der Waals surface area contributed by atoms with Crippen LogP contribution < -0.4 is 5.73 Å². The van der Waals surface area contributed by atoms with E-state index in [0.29, 0.717) is 0 Å². The highest BCUT2D eigenvalue weighted by atomic mass is 15.2. The molecule has 0 bridgehead atoms. The van der Waals surface area contributed by atoms with Crippen molar-refractivity contribution in [3.8, 4) is 0 Å². The lowest BCUT2D eigenvalue weighted by atomic mass is 10.1. The second-order valence-electron chi connectivity index (χ2n) is 7.41. The van der Waals surface area contributed by atoms with Crippen molar-refractivity contribution >= 4 is 5.84 Å². The average Bonchev–Trinajstić information content (AvgIpc) is 3.06. The minimum atomic E-state index is 0.744. The molecule has 1 heterocycles. The predicted molar refractivity (Wildman–Crippen MR) is 112 cm³/mol. The second-order valence-corrected chi connectivity index (χ2v) is 7.41. The van der Waals surface area contributed by atoms with Gasteiger partial charge in [0.15, 0.2) is 0 Å². The highest BCUT2D eigenvalue weighted by Crippen LogP contribution is 2.13. The van der Waals surface area contributed by atoms with Crippen molar-refractivity contribution in [3.63, 3.8) is 0 Å². The molecule has 146 valence electrons. The molecule has 3 nitrogen and oxygen atoms in total. The van der Waals surface area contributed by atoms with Crippen molar-refractivity contribution in [3.05, 3.63) is 12.2 Å². The van der Waals surface area contributed by atoms with Crippen LogP contribution in [-0.2, 0) is 0 Å². The van der Waals surface area contributed by atoms with Gasteiger partial charge in [0.1, 0.15) is 0 Å². The summed E-state index contributed by atoms with van der Waals surface area (Å²) in [5, 5.41) is 0. The normalized spacial score (nSPS) is 14.6. The maximum atomic E-state index is 5.66. The molecule has 3 heteroatoms. The summed E-state index contributed by atoms with van der Waals surface area (Å²) in [7, 11) is 0. The Morgan fingerprint density at radius 1 is 0.880 bits per heavy atom. The van der Waals surface area contributed by atoms with Crippen molar-refractivity contribution in [2.24, 2.45) is 10.7 Å². The number of amidine groups is 1. The maximum absolute atomic E-state index is 5.66. The van der Waals surface area contributed by atoms with E-state index in [1.165, 1.54) is 89.3 Å². The SMILES string of the molecule is CCCCC/C=C/CCCCCCCCCCC1=NCCN1CCN. The zero-order valence-corrected chi connectivity index (χ0v) is 16.9. The molecule has 1 rings (SSSR count). The van der Waals surface area contributed by atoms with Crippen LogP contribution in [0.2, 0.25) is 0 Å². The number of nitrogens with two attached hydrogens (primary N) is 1. The number of unbranched alkanes of at least 4 members (excludes halogenated alkanes) is 11. The molecule has 0 fully saturated rings. The van der Waals surface area contributed by atoms with Gasteiger partial charge in [-0.3, -0.25) is 4.99 Å². The first kappa shape index (κ1) is 22.2. The van der Waals surface area contributed by atoms with E-state index >= 15 is 0 Å². The number of rotatable bonds is 17. The van der Waals surface area contributed by atoms with Crippen molar-refractivity contribution in [2.75, 3.05) is 26.2 Å². The zero-order valence-electron chi connectivity index (χ0n) is 16.9. The molecule has 1 aliphatic heterocycles. The molecule has 0 atom stereocenters. The molecule has 0 saturated heterocycles. The number of allylic oxidation sites excluding steroid dienone is 2. The molecule has 0 radical (unpaired) electrons. The van der Waals surface area contributed by atoms with Gasteiger partial charge in [-0.15, -0.1) is 0 Å². The van der Waals surface area contributed by atoms with Crippen LogP contribution in [0, 0.1) is 0 Å². The van der Waals surface area contributed by atoms with Crippen LogP contribution in [-0.4, -0.2) is 36.9 Å². The van der Waals surface area contributed by atoms with Gasteiger partial charge in [-0.05, 0) is 32.1 Å².